The van der Waals surface area contributed by atoms with Gasteiger partial charge in [-0.15, -0.1) is 0 Å². The van der Waals surface area contributed by atoms with Gasteiger partial charge in [-0.1, -0.05) is 42.8 Å². The molecule has 2 aliphatic heterocycles. The summed E-state index contributed by atoms with van der Waals surface area (Å²) in [6.45, 7) is 4.24. The molecule has 0 radical (unpaired) electrons. The molecule has 2 aromatic carbocycles. The monoisotopic (exact) mass is 377 g/mol. The van der Waals surface area contributed by atoms with Crippen LogP contribution in [0.25, 0.3) is 0 Å². The third-order valence-corrected chi connectivity index (χ3v) is 6.54. The van der Waals surface area contributed by atoms with E-state index in [0.29, 0.717) is 0 Å². The van der Waals surface area contributed by atoms with Crippen LogP contribution in [-0.2, 0) is 10.6 Å². The summed E-state index contributed by atoms with van der Waals surface area (Å²) in [6, 6.07) is 15.2. The molecule has 6 heteroatoms. The first-order valence-electron chi connectivity index (χ1n) is 9.98. The molecule has 0 aromatic heterocycles. The number of fused-ring (bicyclic) bond motifs is 3. The Balaban J connectivity index is 1.60. The SMILES string of the molecule is C[C@H]1c2ccccc2[C@]2(N3CCCCC3)ON=C(c3ccc([N+](=O)[O-])cc3)[C@H]12. The van der Waals surface area contributed by atoms with Crippen molar-refractivity contribution in [2.75, 3.05) is 13.1 Å². The fourth-order valence-electron chi connectivity index (χ4n) is 5.25. The largest absolute Gasteiger partial charge is 0.367 e. The van der Waals surface area contributed by atoms with E-state index in [1.54, 1.807) is 24.3 Å². The van der Waals surface area contributed by atoms with Crippen LogP contribution in [0.1, 0.15) is 48.8 Å². The first-order valence-corrected chi connectivity index (χ1v) is 9.98. The number of nitro benzene ring substituents is 1. The lowest BCUT2D eigenvalue weighted by Crippen LogP contribution is -2.52. The van der Waals surface area contributed by atoms with E-state index in [2.05, 4.69) is 41.2 Å². The summed E-state index contributed by atoms with van der Waals surface area (Å²) in [6.07, 6.45) is 3.59. The molecule has 28 heavy (non-hydrogen) atoms. The lowest BCUT2D eigenvalue weighted by atomic mass is 9.82. The summed E-state index contributed by atoms with van der Waals surface area (Å²) in [4.78, 5) is 19.4. The van der Waals surface area contributed by atoms with E-state index < -0.39 is 5.72 Å². The number of likely N-dealkylation sites (tertiary alicyclic amines) is 1. The van der Waals surface area contributed by atoms with Gasteiger partial charge in [0.2, 0.25) is 5.72 Å². The Hall–Kier alpha value is -2.73. The highest BCUT2D eigenvalue weighted by Crippen LogP contribution is 2.57. The minimum Gasteiger partial charge on any atom is -0.367 e. The number of rotatable bonds is 3. The van der Waals surface area contributed by atoms with Crippen molar-refractivity contribution in [3.63, 3.8) is 0 Å². The van der Waals surface area contributed by atoms with Crippen molar-refractivity contribution in [1.82, 2.24) is 4.90 Å². The lowest BCUT2D eigenvalue weighted by Gasteiger charge is -2.42. The Morgan fingerprint density at radius 2 is 1.82 bits per heavy atom. The van der Waals surface area contributed by atoms with Crippen LogP contribution in [0.2, 0.25) is 0 Å². The van der Waals surface area contributed by atoms with Crippen molar-refractivity contribution in [1.29, 1.82) is 0 Å². The molecule has 2 aromatic rings. The van der Waals surface area contributed by atoms with Crippen molar-refractivity contribution in [3.8, 4) is 0 Å². The van der Waals surface area contributed by atoms with E-state index in [9.17, 15) is 10.1 Å². The van der Waals surface area contributed by atoms with Crippen LogP contribution in [0.3, 0.4) is 0 Å². The van der Waals surface area contributed by atoms with E-state index in [1.807, 2.05) is 0 Å². The molecule has 1 saturated heterocycles. The number of benzene rings is 2. The van der Waals surface area contributed by atoms with E-state index in [-0.39, 0.29) is 22.4 Å². The highest BCUT2D eigenvalue weighted by atomic mass is 16.7. The van der Waals surface area contributed by atoms with Crippen LogP contribution in [0.5, 0.6) is 0 Å². The summed E-state index contributed by atoms with van der Waals surface area (Å²) in [5.41, 5.74) is 3.85. The van der Waals surface area contributed by atoms with Gasteiger partial charge in [-0.05, 0) is 36.5 Å². The molecule has 2 heterocycles. The van der Waals surface area contributed by atoms with Gasteiger partial charge in [-0.25, -0.2) is 0 Å². The zero-order valence-electron chi connectivity index (χ0n) is 15.9. The van der Waals surface area contributed by atoms with Gasteiger partial charge in [0.15, 0.2) is 0 Å². The summed E-state index contributed by atoms with van der Waals surface area (Å²) in [7, 11) is 0. The third-order valence-electron chi connectivity index (χ3n) is 6.54. The van der Waals surface area contributed by atoms with Crippen molar-refractivity contribution in [2.45, 2.75) is 37.8 Å². The second kappa shape index (κ2) is 6.41. The molecular formula is C22H23N3O3. The summed E-state index contributed by atoms with van der Waals surface area (Å²) < 4.78 is 0. The number of piperidine rings is 1. The maximum Gasteiger partial charge on any atom is 0.269 e. The number of oxime groups is 1. The third kappa shape index (κ3) is 2.34. The van der Waals surface area contributed by atoms with Gasteiger partial charge < -0.3 is 4.84 Å². The van der Waals surface area contributed by atoms with Gasteiger partial charge >= 0.3 is 0 Å². The standard InChI is InChI=1S/C22H23N3O3/c1-15-18-7-3-4-8-19(18)22(24-13-5-2-6-14-24)20(15)21(23-28-22)16-9-11-17(12-10-16)25(26)27/h3-4,7-12,15,20H,2,5-6,13-14H2,1H3/t15-,20-,22-/m0/s1. The zero-order valence-corrected chi connectivity index (χ0v) is 15.9. The minimum absolute atomic E-state index is 0.0736. The van der Waals surface area contributed by atoms with Gasteiger partial charge in [0.05, 0.1) is 16.6 Å². The van der Waals surface area contributed by atoms with Crippen molar-refractivity contribution in [2.24, 2.45) is 11.1 Å². The molecule has 1 fully saturated rings. The normalized spacial score (nSPS) is 29.0. The Bertz CT molecular complexity index is 950. The van der Waals surface area contributed by atoms with Crippen LogP contribution >= 0.6 is 0 Å². The van der Waals surface area contributed by atoms with E-state index >= 15 is 0 Å². The molecule has 0 bridgehead atoms. The van der Waals surface area contributed by atoms with Gasteiger partial charge in [-0.2, -0.15) is 0 Å². The Kier molecular flexibility index (Phi) is 3.98. The zero-order chi connectivity index (χ0) is 19.3. The highest BCUT2D eigenvalue weighted by Gasteiger charge is 2.62. The molecule has 3 atom stereocenters. The first-order chi connectivity index (χ1) is 13.6. The summed E-state index contributed by atoms with van der Waals surface area (Å²) in [5, 5.41) is 15.6. The van der Waals surface area contributed by atoms with Crippen LogP contribution in [-0.4, -0.2) is 28.6 Å². The van der Waals surface area contributed by atoms with E-state index in [1.165, 1.54) is 30.4 Å². The number of non-ortho nitro benzene ring substituents is 1. The minimum atomic E-state index is -0.562. The number of hydrogen-bond donors (Lipinski definition) is 0. The van der Waals surface area contributed by atoms with Crippen LogP contribution < -0.4 is 0 Å². The molecule has 0 spiro atoms. The van der Waals surface area contributed by atoms with E-state index in [4.69, 9.17) is 4.84 Å². The molecule has 0 unspecified atom stereocenters. The smallest absolute Gasteiger partial charge is 0.269 e. The number of hydrogen-bond acceptors (Lipinski definition) is 5. The maximum atomic E-state index is 11.0. The Morgan fingerprint density at radius 1 is 1.11 bits per heavy atom. The van der Waals surface area contributed by atoms with Crippen molar-refractivity contribution >= 4 is 11.4 Å². The fraction of sp³-hybridized carbons (Fsp3) is 0.409. The van der Waals surface area contributed by atoms with Crippen molar-refractivity contribution < 1.29 is 9.76 Å². The van der Waals surface area contributed by atoms with Crippen molar-refractivity contribution in [3.05, 3.63) is 75.3 Å². The molecule has 6 nitrogen and oxygen atoms in total. The number of nitro groups is 1. The lowest BCUT2D eigenvalue weighted by molar-refractivity contribution is -0.384. The van der Waals surface area contributed by atoms with Crippen LogP contribution in [0.15, 0.2) is 53.7 Å². The second-order valence-electron chi connectivity index (χ2n) is 7.97. The van der Waals surface area contributed by atoms with Gasteiger partial charge in [0, 0.05) is 36.3 Å². The second-order valence-corrected chi connectivity index (χ2v) is 7.97. The molecular weight excluding hydrogens is 354 g/mol. The number of nitrogens with zero attached hydrogens (tertiary/aromatic N) is 3. The quantitative estimate of drug-likeness (QED) is 0.587. The van der Waals surface area contributed by atoms with Crippen LogP contribution in [0.4, 0.5) is 5.69 Å². The molecule has 0 saturated carbocycles. The highest BCUT2D eigenvalue weighted by molar-refractivity contribution is 6.04. The van der Waals surface area contributed by atoms with Gasteiger partial charge in [0.25, 0.3) is 5.69 Å². The fourth-order valence-corrected chi connectivity index (χ4v) is 5.25. The molecule has 144 valence electrons. The first kappa shape index (κ1) is 17.4. The summed E-state index contributed by atoms with van der Waals surface area (Å²) >= 11 is 0. The molecule has 5 rings (SSSR count). The van der Waals surface area contributed by atoms with Gasteiger partial charge in [0.1, 0.15) is 0 Å². The average molecular weight is 377 g/mol. The predicted molar refractivity (Wildman–Crippen MR) is 106 cm³/mol. The molecule has 3 aliphatic rings. The Labute approximate surface area is 163 Å². The molecule has 0 amide bonds. The van der Waals surface area contributed by atoms with Gasteiger partial charge in [-0.3, -0.25) is 15.0 Å². The Morgan fingerprint density at radius 3 is 2.54 bits per heavy atom. The predicted octanol–water partition coefficient (Wildman–Crippen LogP) is 4.40. The summed E-state index contributed by atoms with van der Waals surface area (Å²) in [5.74, 6) is 0.332. The topological polar surface area (TPSA) is 68.0 Å². The average Bonchev–Trinajstić information content (AvgIpc) is 3.25. The maximum absolute atomic E-state index is 11.0. The van der Waals surface area contributed by atoms with Crippen LogP contribution in [0, 0.1) is 16.0 Å². The molecule has 0 N–H and O–H groups in total. The van der Waals surface area contributed by atoms with E-state index in [0.717, 1.165) is 24.4 Å². The molecule has 1 aliphatic carbocycles.